The van der Waals surface area contributed by atoms with Crippen molar-refractivity contribution >= 4 is 0 Å². The average Bonchev–Trinajstić information content (AvgIpc) is 2.87. The van der Waals surface area contributed by atoms with Gasteiger partial charge >= 0.3 is 0 Å². The first-order valence-electron chi connectivity index (χ1n) is 6.83. The maximum Gasteiger partial charge on any atom is 0.0651 e. The molecule has 0 fully saturated rings. The minimum absolute atomic E-state index is 1.11. The van der Waals surface area contributed by atoms with Gasteiger partial charge in [-0.05, 0) is 55.2 Å². The Labute approximate surface area is 119 Å². The van der Waals surface area contributed by atoms with E-state index in [0.717, 1.165) is 11.3 Å². The molecule has 2 heteroatoms. The molecule has 0 N–H and O–H groups in total. The lowest BCUT2D eigenvalue weighted by Crippen LogP contribution is -1.95. The van der Waals surface area contributed by atoms with Crippen molar-refractivity contribution in [2.24, 2.45) is 0 Å². The Morgan fingerprint density at radius 2 is 1.60 bits per heavy atom. The highest BCUT2D eigenvalue weighted by Crippen LogP contribution is 2.23. The Kier molecular flexibility index (Phi) is 3.15. The van der Waals surface area contributed by atoms with Gasteiger partial charge in [0.2, 0.25) is 0 Å². The molecule has 1 aromatic heterocycles. The van der Waals surface area contributed by atoms with Crippen LogP contribution in [0.15, 0.2) is 54.9 Å². The van der Waals surface area contributed by atoms with Crippen LogP contribution in [0.5, 0.6) is 0 Å². The molecule has 3 rings (SSSR count). The van der Waals surface area contributed by atoms with Crippen LogP contribution in [0, 0.1) is 20.8 Å². The molecule has 0 spiro atoms. The molecule has 0 aliphatic rings. The van der Waals surface area contributed by atoms with E-state index in [0.29, 0.717) is 0 Å². The fourth-order valence-corrected chi connectivity index (χ4v) is 2.58. The lowest BCUT2D eigenvalue weighted by atomic mass is 10.0. The number of hydrogen-bond donors (Lipinski definition) is 0. The zero-order valence-corrected chi connectivity index (χ0v) is 12.1. The predicted molar refractivity (Wildman–Crippen MR) is 83.2 cm³/mol. The summed E-state index contributed by atoms with van der Waals surface area (Å²) < 4.78 is 1.95. The highest BCUT2D eigenvalue weighted by molar-refractivity contribution is 5.66. The van der Waals surface area contributed by atoms with Crippen LogP contribution in [0.1, 0.15) is 16.7 Å². The van der Waals surface area contributed by atoms with Gasteiger partial charge in [-0.2, -0.15) is 5.10 Å². The normalized spacial score (nSPS) is 10.8. The zero-order valence-electron chi connectivity index (χ0n) is 12.1. The summed E-state index contributed by atoms with van der Waals surface area (Å²) in [6, 6.07) is 14.9. The first-order valence-corrected chi connectivity index (χ1v) is 6.83. The summed E-state index contributed by atoms with van der Waals surface area (Å²) in [7, 11) is 0. The second-order valence-electron chi connectivity index (χ2n) is 5.33. The van der Waals surface area contributed by atoms with Crippen molar-refractivity contribution in [3.05, 3.63) is 71.5 Å². The molecule has 100 valence electrons. The van der Waals surface area contributed by atoms with Crippen molar-refractivity contribution in [1.29, 1.82) is 0 Å². The van der Waals surface area contributed by atoms with Crippen molar-refractivity contribution in [2.75, 3.05) is 0 Å². The van der Waals surface area contributed by atoms with Crippen molar-refractivity contribution in [2.45, 2.75) is 20.8 Å². The van der Waals surface area contributed by atoms with Gasteiger partial charge in [0.05, 0.1) is 11.9 Å². The van der Waals surface area contributed by atoms with Crippen LogP contribution in [0.25, 0.3) is 16.8 Å². The van der Waals surface area contributed by atoms with Crippen LogP contribution in [0.3, 0.4) is 0 Å². The van der Waals surface area contributed by atoms with Gasteiger partial charge in [-0.3, -0.25) is 0 Å². The minimum atomic E-state index is 1.11. The molecule has 20 heavy (non-hydrogen) atoms. The third kappa shape index (κ3) is 2.37. The molecule has 0 aliphatic heterocycles. The molecule has 0 saturated heterocycles. The number of aryl methyl sites for hydroxylation is 3. The van der Waals surface area contributed by atoms with Gasteiger partial charge in [-0.25, -0.2) is 4.68 Å². The lowest BCUT2D eigenvalue weighted by Gasteiger charge is -2.05. The van der Waals surface area contributed by atoms with Crippen LogP contribution in [0.2, 0.25) is 0 Å². The zero-order chi connectivity index (χ0) is 14.1. The number of hydrogen-bond acceptors (Lipinski definition) is 1. The second kappa shape index (κ2) is 4.97. The first-order chi connectivity index (χ1) is 9.63. The molecule has 2 aromatic carbocycles. The summed E-state index contributed by atoms with van der Waals surface area (Å²) in [5.74, 6) is 0. The molecule has 0 amide bonds. The number of rotatable bonds is 2. The van der Waals surface area contributed by atoms with Crippen LogP contribution < -0.4 is 0 Å². The van der Waals surface area contributed by atoms with Crippen LogP contribution in [0.4, 0.5) is 0 Å². The van der Waals surface area contributed by atoms with Crippen molar-refractivity contribution in [1.82, 2.24) is 9.78 Å². The van der Waals surface area contributed by atoms with E-state index in [2.05, 4.69) is 74.5 Å². The highest BCUT2D eigenvalue weighted by Gasteiger charge is 2.06. The van der Waals surface area contributed by atoms with E-state index in [1.54, 1.807) is 0 Å². The molecular weight excluding hydrogens is 244 g/mol. The van der Waals surface area contributed by atoms with E-state index in [1.165, 1.54) is 22.3 Å². The number of aromatic nitrogens is 2. The SMILES string of the molecule is Cc1cc(C)cc(-n2cc(-c3ccccc3C)cn2)c1. The van der Waals surface area contributed by atoms with Gasteiger partial charge in [0, 0.05) is 11.8 Å². The van der Waals surface area contributed by atoms with Gasteiger partial charge < -0.3 is 0 Å². The molecule has 0 atom stereocenters. The van der Waals surface area contributed by atoms with E-state index in [9.17, 15) is 0 Å². The lowest BCUT2D eigenvalue weighted by molar-refractivity contribution is 0.878. The van der Waals surface area contributed by atoms with Crippen LogP contribution in [-0.2, 0) is 0 Å². The third-order valence-corrected chi connectivity index (χ3v) is 3.51. The topological polar surface area (TPSA) is 17.8 Å². The average molecular weight is 262 g/mol. The standard InChI is InChI=1S/C18H18N2/c1-13-8-14(2)10-17(9-13)20-12-16(11-19-20)18-7-5-4-6-15(18)3/h4-12H,1-3H3. The van der Waals surface area contributed by atoms with Crippen molar-refractivity contribution in [3.63, 3.8) is 0 Å². The maximum absolute atomic E-state index is 4.50. The van der Waals surface area contributed by atoms with Gasteiger partial charge in [-0.1, -0.05) is 30.3 Å². The van der Waals surface area contributed by atoms with Crippen LogP contribution >= 0.6 is 0 Å². The van der Waals surface area contributed by atoms with Gasteiger partial charge in [0.1, 0.15) is 0 Å². The largest absolute Gasteiger partial charge is 0.240 e. The van der Waals surface area contributed by atoms with E-state index in [1.807, 2.05) is 10.9 Å². The molecule has 0 aliphatic carbocycles. The second-order valence-corrected chi connectivity index (χ2v) is 5.33. The summed E-state index contributed by atoms with van der Waals surface area (Å²) in [4.78, 5) is 0. The van der Waals surface area contributed by atoms with Gasteiger partial charge in [0.15, 0.2) is 0 Å². The van der Waals surface area contributed by atoms with Crippen LogP contribution in [-0.4, -0.2) is 9.78 Å². The summed E-state index contributed by atoms with van der Waals surface area (Å²) in [6.07, 6.45) is 4.02. The smallest absolute Gasteiger partial charge is 0.0651 e. The van der Waals surface area contributed by atoms with E-state index >= 15 is 0 Å². The Bertz CT molecular complexity index is 733. The number of nitrogens with zero attached hydrogens (tertiary/aromatic N) is 2. The third-order valence-electron chi connectivity index (χ3n) is 3.51. The molecule has 1 heterocycles. The van der Waals surface area contributed by atoms with Gasteiger partial charge in [-0.15, -0.1) is 0 Å². The van der Waals surface area contributed by atoms with Gasteiger partial charge in [0.25, 0.3) is 0 Å². The maximum atomic E-state index is 4.50. The molecule has 0 unspecified atom stereocenters. The summed E-state index contributed by atoms with van der Waals surface area (Å²) in [5, 5.41) is 4.50. The Balaban J connectivity index is 2.04. The molecular formula is C18H18N2. The summed E-state index contributed by atoms with van der Waals surface area (Å²) in [6.45, 7) is 6.36. The van der Waals surface area contributed by atoms with E-state index in [4.69, 9.17) is 0 Å². The molecule has 0 saturated carbocycles. The molecule has 0 bridgehead atoms. The number of benzene rings is 2. The molecule has 2 nitrogen and oxygen atoms in total. The fraction of sp³-hybridized carbons (Fsp3) is 0.167. The van der Waals surface area contributed by atoms with Crippen molar-refractivity contribution < 1.29 is 0 Å². The Morgan fingerprint density at radius 1 is 0.900 bits per heavy atom. The Morgan fingerprint density at radius 3 is 2.30 bits per heavy atom. The Hall–Kier alpha value is -2.35. The van der Waals surface area contributed by atoms with E-state index < -0.39 is 0 Å². The highest BCUT2D eigenvalue weighted by atomic mass is 15.3. The minimum Gasteiger partial charge on any atom is -0.240 e. The molecule has 3 aromatic rings. The van der Waals surface area contributed by atoms with E-state index in [-0.39, 0.29) is 0 Å². The monoisotopic (exact) mass is 262 g/mol. The summed E-state index contributed by atoms with van der Waals surface area (Å²) in [5.41, 5.74) is 7.29. The fourth-order valence-electron chi connectivity index (χ4n) is 2.58. The van der Waals surface area contributed by atoms with Crippen molar-refractivity contribution in [3.8, 4) is 16.8 Å². The molecule has 0 radical (unpaired) electrons. The predicted octanol–water partition coefficient (Wildman–Crippen LogP) is 4.46. The first kappa shape index (κ1) is 12.7. The summed E-state index contributed by atoms with van der Waals surface area (Å²) >= 11 is 0. The quantitative estimate of drug-likeness (QED) is 0.666.